The fourth-order valence-corrected chi connectivity index (χ4v) is 4.57. The Morgan fingerprint density at radius 2 is 1.66 bits per heavy atom. The number of anilines is 2. The predicted molar refractivity (Wildman–Crippen MR) is 131 cm³/mol. The first kappa shape index (κ1) is 20.4. The molecule has 158 valence electrons. The first-order valence-electron chi connectivity index (χ1n) is 10.1. The molecule has 0 spiro atoms. The van der Waals surface area contributed by atoms with Gasteiger partial charge in [0.25, 0.3) is 0 Å². The average Bonchev–Trinajstić information content (AvgIpc) is 3.43. The Labute approximate surface area is 195 Å². The minimum absolute atomic E-state index is 0.0200. The molecule has 1 atom stereocenters. The van der Waals surface area contributed by atoms with E-state index in [0.717, 1.165) is 28.2 Å². The quantitative estimate of drug-likeness (QED) is 0.351. The molecule has 7 heteroatoms. The van der Waals surface area contributed by atoms with Crippen molar-refractivity contribution in [3.05, 3.63) is 101 Å². The Morgan fingerprint density at radius 1 is 0.969 bits per heavy atom. The molecule has 32 heavy (non-hydrogen) atoms. The van der Waals surface area contributed by atoms with Crippen LogP contribution in [0, 0.1) is 0 Å². The van der Waals surface area contributed by atoms with Crippen LogP contribution in [0.2, 0.25) is 5.02 Å². The number of amides is 1. The second-order valence-corrected chi connectivity index (χ2v) is 8.64. The first-order chi connectivity index (χ1) is 15.7. The van der Waals surface area contributed by atoms with Gasteiger partial charge in [-0.2, -0.15) is 5.10 Å². The Hall–Kier alpha value is -3.48. The van der Waals surface area contributed by atoms with Crippen LogP contribution in [0.15, 0.2) is 95.4 Å². The molecular formula is C25H19ClN4OS. The minimum atomic E-state index is -0.269. The van der Waals surface area contributed by atoms with E-state index in [1.165, 1.54) is 11.3 Å². The van der Waals surface area contributed by atoms with Crippen molar-refractivity contribution in [2.24, 2.45) is 5.10 Å². The summed E-state index contributed by atoms with van der Waals surface area (Å²) in [5.41, 5.74) is 7.54. The summed E-state index contributed by atoms with van der Waals surface area (Å²) >= 11 is 7.45. The van der Waals surface area contributed by atoms with Gasteiger partial charge >= 0.3 is 0 Å². The summed E-state index contributed by atoms with van der Waals surface area (Å²) < 4.78 is 0. The summed E-state index contributed by atoms with van der Waals surface area (Å²) in [7, 11) is 0. The molecule has 5 rings (SSSR count). The monoisotopic (exact) mass is 458 g/mol. The zero-order chi connectivity index (χ0) is 21.9. The van der Waals surface area contributed by atoms with E-state index < -0.39 is 0 Å². The van der Waals surface area contributed by atoms with Gasteiger partial charge < -0.3 is 0 Å². The van der Waals surface area contributed by atoms with Crippen LogP contribution >= 0.6 is 22.9 Å². The summed E-state index contributed by atoms with van der Waals surface area (Å²) in [6.45, 7) is 0. The molecule has 1 aromatic heterocycles. The van der Waals surface area contributed by atoms with E-state index in [0.29, 0.717) is 10.2 Å². The molecule has 3 aromatic carbocycles. The van der Waals surface area contributed by atoms with Gasteiger partial charge in [0, 0.05) is 21.7 Å². The highest BCUT2D eigenvalue weighted by Crippen LogP contribution is 2.35. The Bertz CT molecular complexity index is 1260. The number of nitrogens with zero attached hydrogens (tertiary/aromatic N) is 3. The standard InChI is InChI=1S/C25H19ClN4OS/c26-19-13-11-17(12-14-19)22-16-32-25(27-22)29-28-21-15-23(31)30(20-9-5-2-6-10-20)24(21)18-7-3-1-4-8-18/h1-14,16,24H,15H2,(H,27,29)/b28-21+/t24-/m0/s1. The predicted octanol–water partition coefficient (Wildman–Crippen LogP) is 6.41. The van der Waals surface area contributed by atoms with Gasteiger partial charge in [0.1, 0.15) is 6.04 Å². The molecule has 2 heterocycles. The molecule has 0 bridgehead atoms. The van der Waals surface area contributed by atoms with E-state index in [1.54, 1.807) is 0 Å². The van der Waals surface area contributed by atoms with Crippen LogP contribution in [0.5, 0.6) is 0 Å². The molecule has 0 radical (unpaired) electrons. The van der Waals surface area contributed by atoms with E-state index >= 15 is 0 Å². The number of nitrogens with one attached hydrogen (secondary N) is 1. The summed E-state index contributed by atoms with van der Waals surface area (Å²) in [5, 5.41) is 7.95. The third kappa shape index (κ3) is 4.15. The topological polar surface area (TPSA) is 57.6 Å². The highest BCUT2D eigenvalue weighted by Gasteiger charge is 2.39. The lowest BCUT2D eigenvalue weighted by molar-refractivity contribution is -0.116. The van der Waals surface area contributed by atoms with Crippen LogP contribution in [-0.2, 0) is 4.79 Å². The highest BCUT2D eigenvalue weighted by molar-refractivity contribution is 7.14. The zero-order valence-corrected chi connectivity index (χ0v) is 18.6. The lowest BCUT2D eigenvalue weighted by Gasteiger charge is -2.25. The third-order valence-corrected chi connectivity index (χ3v) is 6.26. The van der Waals surface area contributed by atoms with Gasteiger partial charge in [-0.3, -0.25) is 15.1 Å². The molecule has 1 aliphatic heterocycles. The minimum Gasteiger partial charge on any atom is -0.299 e. The number of halogens is 1. The molecule has 1 N–H and O–H groups in total. The van der Waals surface area contributed by atoms with Crippen LogP contribution in [0.1, 0.15) is 18.0 Å². The first-order valence-corrected chi connectivity index (χ1v) is 11.4. The largest absolute Gasteiger partial charge is 0.299 e. The molecule has 1 saturated heterocycles. The van der Waals surface area contributed by atoms with Crippen LogP contribution in [0.25, 0.3) is 11.3 Å². The van der Waals surface area contributed by atoms with Crippen molar-refractivity contribution in [3.8, 4) is 11.3 Å². The maximum Gasteiger partial charge on any atom is 0.233 e. The molecule has 1 aliphatic rings. The molecule has 0 aliphatic carbocycles. The van der Waals surface area contributed by atoms with Gasteiger partial charge in [-0.15, -0.1) is 11.3 Å². The number of thiazole rings is 1. The van der Waals surface area contributed by atoms with Crippen LogP contribution in [0.3, 0.4) is 0 Å². The number of carbonyl (C=O) groups excluding carboxylic acids is 1. The van der Waals surface area contributed by atoms with Gasteiger partial charge in [0.2, 0.25) is 11.0 Å². The van der Waals surface area contributed by atoms with E-state index in [1.807, 2.05) is 95.2 Å². The van der Waals surface area contributed by atoms with Crippen molar-refractivity contribution in [1.82, 2.24) is 4.98 Å². The molecule has 1 fully saturated rings. The normalized spacial score (nSPS) is 17.2. The molecule has 0 unspecified atom stereocenters. The zero-order valence-electron chi connectivity index (χ0n) is 17.0. The van der Waals surface area contributed by atoms with Crippen LogP contribution in [0.4, 0.5) is 10.8 Å². The smallest absolute Gasteiger partial charge is 0.233 e. The Morgan fingerprint density at radius 3 is 2.38 bits per heavy atom. The van der Waals surface area contributed by atoms with Crippen molar-refractivity contribution in [3.63, 3.8) is 0 Å². The molecule has 0 saturated carbocycles. The van der Waals surface area contributed by atoms with Gasteiger partial charge in [-0.05, 0) is 29.8 Å². The fraction of sp³-hybridized carbons (Fsp3) is 0.0800. The molecule has 1 amide bonds. The van der Waals surface area contributed by atoms with E-state index in [4.69, 9.17) is 11.6 Å². The van der Waals surface area contributed by atoms with Crippen molar-refractivity contribution in [2.75, 3.05) is 10.3 Å². The highest BCUT2D eigenvalue weighted by atomic mass is 35.5. The van der Waals surface area contributed by atoms with E-state index in [-0.39, 0.29) is 18.4 Å². The van der Waals surface area contributed by atoms with Crippen molar-refractivity contribution < 1.29 is 4.79 Å². The number of aromatic nitrogens is 1. The van der Waals surface area contributed by atoms with Gasteiger partial charge in [-0.25, -0.2) is 4.98 Å². The average molecular weight is 459 g/mol. The lowest BCUT2D eigenvalue weighted by Crippen LogP contribution is -2.28. The van der Waals surface area contributed by atoms with Crippen molar-refractivity contribution in [1.29, 1.82) is 0 Å². The summed E-state index contributed by atoms with van der Waals surface area (Å²) in [6.07, 6.45) is 0.247. The maximum absolute atomic E-state index is 13.0. The fourth-order valence-electron chi connectivity index (χ4n) is 3.79. The summed E-state index contributed by atoms with van der Waals surface area (Å²) in [4.78, 5) is 19.4. The summed E-state index contributed by atoms with van der Waals surface area (Å²) in [6, 6.07) is 27.0. The number of carbonyl (C=O) groups is 1. The van der Waals surface area contributed by atoms with Crippen LogP contribution in [-0.4, -0.2) is 16.6 Å². The number of rotatable bonds is 5. The van der Waals surface area contributed by atoms with Gasteiger partial charge in [0.15, 0.2) is 0 Å². The number of hydrogen-bond acceptors (Lipinski definition) is 5. The second-order valence-electron chi connectivity index (χ2n) is 7.35. The maximum atomic E-state index is 13.0. The number of para-hydroxylation sites is 1. The SMILES string of the molecule is O=C1C/C(=N\Nc2nc(-c3ccc(Cl)cc3)cs2)[C@H](c2ccccc2)N1c1ccccc1. The Kier molecular flexibility index (Phi) is 5.71. The number of hydrogen-bond donors (Lipinski definition) is 1. The molecule has 5 nitrogen and oxygen atoms in total. The Balaban J connectivity index is 1.44. The van der Waals surface area contributed by atoms with Crippen LogP contribution < -0.4 is 10.3 Å². The van der Waals surface area contributed by atoms with Gasteiger partial charge in [-0.1, -0.05) is 72.3 Å². The van der Waals surface area contributed by atoms with Gasteiger partial charge in [0.05, 0.1) is 17.8 Å². The van der Waals surface area contributed by atoms with Crippen molar-refractivity contribution >= 4 is 45.4 Å². The molecular weight excluding hydrogens is 440 g/mol. The number of benzene rings is 3. The lowest BCUT2D eigenvalue weighted by atomic mass is 10.0. The van der Waals surface area contributed by atoms with E-state index in [2.05, 4.69) is 15.5 Å². The van der Waals surface area contributed by atoms with Crippen molar-refractivity contribution in [2.45, 2.75) is 12.5 Å². The third-order valence-electron chi connectivity index (χ3n) is 5.26. The number of hydrazone groups is 1. The second kappa shape index (κ2) is 8.94. The summed E-state index contributed by atoms with van der Waals surface area (Å²) in [5.74, 6) is 0.0200. The molecule has 4 aromatic rings. The van der Waals surface area contributed by atoms with E-state index in [9.17, 15) is 4.79 Å².